The molecule has 0 saturated carbocycles. The highest BCUT2D eigenvalue weighted by molar-refractivity contribution is 5.41. The molecule has 0 aliphatic rings. The lowest BCUT2D eigenvalue weighted by Crippen LogP contribution is -2.19. The highest BCUT2D eigenvalue weighted by Crippen LogP contribution is 2.31. The van der Waals surface area contributed by atoms with Crippen molar-refractivity contribution in [2.45, 2.75) is 26.1 Å². The Hall–Kier alpha value is -1.91. The quantitative estimate of drug-likeness (QED) is 0.788. The molecule has 0 saturated heterocycles. The van der Waals surface area contributed by atoms with Gasteiger partial charge in [-0.3, -0.25) is 0 Å². The van der Waals surface area contributed by atoms with Crippen molar-refractivity contribution in [2.24, 2.45) is 0 Å². The Balaban J connectivity index is 3.26. The van der Waals surface area contributed by atoms with Gasteiger partial charge in [-0.1, -0.05) is 0 Å². The topological polar surface area (TPSA) is 45.9 Å². The number of halogens is 5. The lowest BCUT2D eigenvalue weighted by Gasteiger charge is -2.14. The molecule has 0 unspecified atom stereocenters. The van der Waals surface area contributed by atoms with Gasteiger partial charge in [-0.05, 0) is 12.5 Å². The van der Waals surface area contributed by atoms with Crippen molar-refractivity contribution in [3.05, 3.63) is 22.9 Å². The zero-order chi connectivity index (χ0) is 13.9. The van der Waals surface area contributed by atoms with Gasteiger partial charge in [-0.25, -0.2) is 13.8 Å². The highest BCUT2D eigenvalue weighted by atomic mass is 19.4. The van der Waals surface area contributed by atoms with Crippen molar-refractivity contribution in [1.82, 2.24) is 4.98 Å². The van der Waals surface area contributed by atoms with Gasteiger partial charge in [0.2, 0.25) is 5.88 Å². The Morgan fingerprint density at radius 2 is 2.06 bits per heavy atom. The van der Waals surface area contributed by atoms with E-state index in [1.54, 1.807) is 6.07 Å². The standard InChI is InChI=1S/C10H7F5N2O/c1-5-6(2-3-16)7(8(11)12)4-17-9(5)18-10(13,14)15/h4,8H,2H2,1H3. The second kappa shape index (κ2) is 5.16. The van der Waals surface area contributed by atoms with Crippen LogP contribution >= 0.6 is 0 Å². The van der Waals surface area contributed by atoms with Crippen molar-refractivity contribution >= 4 is 0 Å². The molecular formula is C10H7F5N2O. The van der Waals surface area contributed by atoms with E-state index in [-0.39, 0.29) is 11.1 Å². The van der Waals surface area contributed by atoms with Crippen LogP contribution in [0.2, 0.25) is 0 Å². The number of pyridine rings is 1. The first-order chi connectivity index (χ1) is 8.26. The van der Waals surface area contributed by atoms with Crippen LogP contribution in [0.15, 0.2) is 6.20 Å². The van der Waals surface area contributed by atoms with Crippen LogP contribution < -0.4 is 4.74 Å². The predicted octanol–water partition coefficient (Wildman–Crippen LogP) is 3.29. The molecule has 98 valence electrons. The normalized spacial score (nSPS) is 11.4. The molecule has 1 heterocycles. The number of aromatic nitrogens is 1. The van der Waals surface area contributed by atoms with E-state index in [0.29, 0.717) is 6.20 Å². The average Bonchev–Trinajstić information content (AvgIpc) is 2.22. The van der Waals surface area contributed by atoms with Gasteiger partial charge in [-0.2, -0.15) is 5.26 Å². The second-order valence-electron chi connectivity index (χ2n) is 3.31. The molecule has 0 atom stereocenters. The monoisotopic (exact) mass is 266 g/mol. The van der Waals surface area contributed by atoms with E-state index in [1.165, 1.54) is 0 Å². The number of nitriles is 1. The first-order valence-electron chi connectivity index (χ1n) is 4.65. The predicted molar refractivity (Wildman–Crippen MR) is 49.9 cm³/mol. The van der Waals surface area contributed by atoms with Gasteiger partial charge in [0.1, 0.15) is 0 Å². The second-order valence-corrected chi connectivity index (χ2v) is 3.31. The molecule has 1 rings (SSSR count). The molecule has 0 bridgehead atoms. The van der Waals surface area contributed by atoms with E-state index in [9.17, 15) is 22.0 Å². The molecule has 3 nitrogen and oxygen atoms in total. The number of hydrogen-bond donors (Lipinski definition) is 0. The minimum absolute atomic E-state index is 0.193. The van der Waals surface area contributed by atoms with Gasteiger partial charge in [-0.15, -0.1) is 13.2 Å². The molecule has 0 aliphatic carbocycles. The summed E-state index contributed by atoms with van der Waals surface area (Å²) in [5.41, 5.74) is -0.975. The average molecular weight is 266 g/mol. The molecule has 0 N–H and O–H groups in total. The SMILES string of the molecule is Cc1c(OC(F)(F)F)ncc(C(F)F)c1CC#N. The minimum Gasteiger partial charge on any atom is -0.388 e. The van der Waals surface area contributed by atoms with Crippen LogP contribution in [0.5, 0.6) is 5.88 Å². The molecule has 0 radical (unpaired) electrons. The lowest BCUT2D eigenvalue weighted by molar-refractivity contribution is -0.276. The maximum atomic E-state index is 12.6. The lowest BCUT2D eigenvalue weighted by atomic mass is 10.0. The van der Waals surface area contributed by atoms with Gasteiger partial charge in [0.25, 0.3) is 6.43 Å². The Labute approximate surface area is 98.8 Å². The zero-order valence-corrected chi connectivity index (χ0v) is 9.05. The first-order valence-corrected chi connectivity index (χ1v) is 4.65. The smallest absolute Gasteiger partial charge is 0.388 e. The Bertz CT molecular complexity index is 478. The fourth-order valence-electron chi connectivity index (χ4n) is 1.36. The fraction of sp³-hybridized carbons (Fsp3) is 0.400. The van der Waals surface area contributed by atoms with Crippen molar-refractivity contribution < 1.29 is 26.7 Å². The fourth-order valence-corrected chi connectivity index (χ4v) is 1.36. The van der Waals surface area contributed by atoms with Gasteiger partial charge >= 0.3 is 6.36 Å². The summed E-state index contributed by atoms with van der Waals surface area (Å²) in [5, 5.41) is 8.50. The third-order valence-electron chi connectivity index (χ3n) is 2.15. The van der Waals surface area contributed by atoms with Crippen LogP contribution in [0.1, 0.15) is 23.1 Å². The molecule has 8 heteroatoms. The number of hydrogen-bond acceptors (Lipinski definition) is 3. The van der Waals surface area contributed by atoms with E-state index in [2.05, 4.69) is 9.72 Å². The molecule has 0 amide bonds. The molecule has 0 aromatic carbocycles. The summed E-state index contributed by atoms with van der Waals surface area (Å²) in [4.78, 5) is 3.20. The number of ether oxygens (including phenoxy) is 1. The third-order valence-corrected chi connectivity index (χ3v) is 2.15. The van der Waals surface area contributed by atoms with E-state index < -0.39 is 30.7 Å². The number of nitrogens with zero attached hydrogens (tertiary/aromatic N) is 2. The van der Waals surface area contributed by atoms with E-state index in [4.69, 9.17) is 5.26 Å². The Morgan fingerprint density at radius 1 is 1.44 bits per heavy atom. The van der Waals surface area contributed by atoms with E-state index >= 15 is 0 Å². The van der Waals surface area contributed by atoms with Crippen molar-refractivity contribution in [1.29, 1.82) is 5.26 Å². The molecule has 1 aromatic heterocycles. The van der Waals surface area contributed by atoms with Crippen LogP contribution in [0.25, 0.3) is 0 Å². The van der Waals surface area contributed by atoms with Crippen molar-refractivity contribution in [3.63, 3.8) is 0 Å². The highest BCUT2D eigenvalue weighted by Gasteiger charge is 2.33. The van der Waals surface area contributed by atoms with Crippen molar-refractivity contribution in [3.8, 4) is 11.9 Å². The van der Waals surface area contributed by atoms with Crippen LogP contribution in [-0.4, -0.2) is 11.3 Å². The van der Waals surface area contributed by atoms with Gasteiger partial charge in [0.05, 0.1) is 12.5 Å². The van der Waals surface area contributed by atoms with Crippen LogP contribution in [0.4, 0.5) is 22.0 Å². The van der Waals surface area contributed by atoms with Crippen LogP contribution in [-0.2, 0) is 6.42 Å². The summed E-state index contributed by atoms with van der Waals surface area (Å²) in [7, 11) is 0. The minimum atomic E-state index is -4.96. The summed E-state index contributed by atoms with van der Waals surface area (Å²) >= 11 is 0. The number of alkyl halides is 5. The molecular weight excluding hydrogens is 259 g/mol. The molecule has 0 spiro atoms. The summed E-state index contributed by atoms with van der Waals surface area (Å²) < 4.78 is 64.8. The Kier molecular flexibility index (Phi) is 4.06. The largest absolute Gasteiger partial charge is 0.574 e. The van der Waals surface area contributed by atoms with Gasteiger partial charge in [0.15, 0.2) is 0 Å². The molecule has 0 aliphatic heterocycles. The van der Waals surface area contributed by atoms with E-state index in [1.807, 2.05) is 0 Å². The summed E-state index contributed by atoms with van der Waals surface area (Å²) in [6.07, 6.45) is -7.73. The third kappa shape index (κ3) is 3.29. The van der Waals surface area contributed by atoms with E-state index in [0.717, 1.165) is 6.92 Å². The van der Waals surface area contributed by atoms with Crippen molar-refractivity contribution in [2.75, 3.05) is 0 Å². The maximum absolute atomic E-state index is 12.6. The summed E-state index contributed by atoms with van der Waals surface area (Å²) in [6.45, 7) is 1.15. The first kappa shape index (κ1) is 14.2. The number of rotatable bonds is 3. The van der Waals surface area contributed by atoms with Crippen LogP contribution in [0, 0.1) is 18.3 Å². The van der Waals surface area contributed by atoms with Crippen LogP contribution in [0.3, 0.4) is 0 Å². The maximum Gasteiger partial charge on any atom is 0.574 e. The van der Waals surface area contributed by atoms with Gasteiger partial charge < -0.3 is 4.74 Å². The summed E-state index contributed by atoms with van der Waals surface area (Å²) in [5.74, 6) is -0.822. The zero-order valence-electron chi connectivity index (χ0n) is 9.05. The van der Waals surface area contributed by atoms with Gasteiger partial charge in [0, 0.05) is 17.3 Å². The molecule has 1 aromatic rings. The molecule has 0 fully saturated rings. The summed E-state index contributed by atoms with van der Waals surface area (Å²) in [6, 6.07) is 1.61. The Morgan fingerprint density at radius 3 is 2.50 bits per heavy atom. The molecule has 18 heavy (non-hydrogen) atoms.